The van der Waals surface area contributed by atoms with Gasteiger partial charge in [-0.1, -0.05) is 176 Å². The first-order chi connectivity index (χ1) is 28.2. The van der Waals surface area contributed by atoms with E-state index in [1.807, 2.05) is 0 Å². The molecule has 0 bridgehead atoms. The molecule has 2 nitrogen and oxygen atoms in total. The number of hydrogen-bond donors (Lipinski definition) is 0. The minimum absolute atomic E-state index is 0.497. The van der Waals surface area contributed by atoms with Gasteiger partial charge in [0.15, 0.2) is 0 Å². The largest absolute Gasteiger partial charge is 0.310 e. The van der Waals surface area contributed by atoms with Gasteiger partial charge in [-0.05, 0) is 97.7 Å². The minimum Gasteiger partial charge on any atom is -0.310 e. The van der Waals surface area contributed by atoms with E-state index in [0.29, 0.717) is 0 Å². The monoisotopic (exact) mass is 744 g/mol. The number of aromatic nitrogens is 1. The van der Waals surface area contributed by atoms with Crippen LogP contribution in [0.3, 0.4) is 0 Å². The van der Waals surface area contributed by atoms with Crippen LogP contribution in [0.2, 0.25) is 0 Å². The Kier molecular flexibility index (Phi) is 7.94. The van der Waals surface area contributed by atoms with Gasteiger partial charge >= 0.3 is 0 Å². The predicted molar refractivity (Wildman–Crippen MR) is 240 cm³/mol. The van der Waals surface area contributed by atoms with Crippen molar-refractivity contribution in [3.05, 3.63) is 241 Å². The van der Waals surface area contributed by atoms with Crippen LogP contribution in [-0.4, -0.2) is 4.98 Å². The molecule has 10 aromatic rings. The van der Waals surface area contributed by atoms with Gasteiger partial charge in [0, 0.05) is 22.6 Å². The third-order valence-corrected chi connectivity index (χ3v) is 12.6. The second kappa shape index (κ2) is 13.6. The van der Waals surface area contributed by atoms with Crippen LogP contribution in [-0.2, 0) is 5.41 Å². The third-order valence-electron chi connectivity index (χ3n) is 11.6. The average Bonchev–Trinajstić information content (AvgIpc) is 3.85. The highest BCUT2D eigenvalue weighted by Gasteiger charge is 2.46. The van der Waals surface area contributed by atoms with Gasteiger partial charge in [0.05, 0.1) is 15.6 Å². The van der Waals surface area contributed by atoms with E-state index >= 15 is 0 Å². The molecule has 0 unspecified atom stereocenters. The third kappa shape index (κ3) is 5.50. The van der Waals surface area contributed by atoms with Crippen molar-refractivity contribution in [2.75, 3.05) is 4.90 Å². The van der Waals surface area contributed by atoms with Gasteiger partial charge in [-0.25, -0.2) is 4.98 Å². The molecule has 11 rings (SSSR count). The number of benzene rings is 9. The van der Waals surface area contributed by atoms with Crippen molar-refractivity contribution in [1.29, 1.82) is 0 Å². The smallest absolute Gasteiger partial charge is 0.124 e. The highest BCUT2D eigenvalue weighted by molar-refractivity contribution is 7.21. The fraction of sp³-hybridized carbons (Fsp3) is 0.0185. The molecule has 9 aromatic carbocycles. The summed E-state index contributed by atoms with van der Waals surface area (Å²) in [6.07, 6.45) is 0. The first-order valence-corrected chi connectivity index (χ1v) is 20.3. The van der Waals surface area contributed by atoms with Gasteiger partial charge < -0.3 is 4.90 Å². The van der Waals surface area contributed by atoms with Crippen molar-refractivity contribution in [2.24, 2.45) is 0 Å². The normalized spacial score (nSPS) is 12.7. The Morgan fingerprint density at radius 3 is 1.68 bits per heavy atom. The Labute approximate surface area is 336 Å². The summed E-state index contributed by atoms with van der Waals surface area (Å²) in [6, 6.07) is 79.5. The number of rotatable bonds is 7. The molecule has 1 aliphatic rings. The highest BCUT2D eigenvalue weighted by atomic mass is 32.1. The summed E-state index contributed by atoms with van der Waals surface area (Å²) in [5.41, 5.74) is 14.9. The number of hydrogen-bond acceptors (Lipinski definition) is 3. The first kappa shape index (κ1) is 33.3. The molecule has 0 atom stereocenters. The molecule has 1 aromatic heterocycles. The zero-order valence-electron chi connectivity index (χ0n) is 31.1. The van der Waals surface area contributed by atoms with E-state index in [2.05, 4.69) is 223 Å². The zero-order chi connectivity index (χ0) is 37.8. The summed E-state index contributed by atoms with van der Waals surface area (Å²) in [4.78, 5) is 7.65. The van der Waals surface area contributed by atoms with Crippen LogP contribution in [0.5, 0.6) is 0 Å². The lowest BCUT2D eigenvalue weighted by Gasteiger charge is -2.35. The van der Waals surface area contributed by atoms with Crippen LogP contribution < -0.4 is 4.90 Å². The van der Waals surface area contributed by atoms with Gasteiger partial charge in [-0.15, -0.1) is 11.3 Å². The Balaban J connectivity index is 1.09. The number of fused-ring (bicyclic) bond motifs is 5. The molecule has 57 heavy (non-hydrogen) atoms. The lowest BCUT2D eigenvalue weighted by atomic mass is 9.67. The Morgan fingerprint density at radius 1 is 0.386 bits per heavy atom. The summed E-state index contributed by atoms with van der Waals surface area (Å²) in [7, 11) is 0. The maximum atomic E-state index is 5.24. The molecule has 0 radical (unpaired) electrons. The first-order valence-electron chi connectivity index (χ1n) is 19.4. The second-order valence-corrected chi connectivity index (χ2v) is 15.8. The predicted octanol–water partition coefficient (Wildman–Crippen LogP) is 14.6. The van der Waals surface area contributed by atoms with Crippen molar-refractivity contribution in [2.45, 2.75) is 5.41 Å². The Bertz CT molecular complexity index is 3020. The van der Waals surface area contributed by atoms with E-state index in [4.69, 9.17) is 4.98 Å². The molecule has 0 aliphatic heterocycles. The quantitative estimate of drug-likeness (QED) is 0.162. The van der Waals surface area contributed by atoms with Gasteiger partial charge in [-0.3, -0.25) is 0 Å². The molecule has 0 fully saturated rings. The van der Waals surface area contributed by atoms with Crippen LogP contribution in [0.25, 0.3) is 53.8 Å². The standard InChI is InChI=1S/C54H36N2S/c1-4-14-37(15-5-1)39-24-26-40(27-25-39)53-55-51-36-46(31-33-52(51)57-53)56(44-29-28-38-16-10-11-17-41(38)34-44)45-30-32-48-47-22-12-13-23-49(47)54(50(48)35-45,42-18-6-2-7-19-42)43-20-8-3-9-21-43/h1-36H. The van der Waals surface area contributed by atoms with Crippen molar-refractivity contribution in [3.63, 3.8) is 0 Å². The van der Waals surface area contributed by atoms with E-state index < -0.39 is 5.41 Å². The SMILES string of the molecule is c1ccc(-c2ccc(-c3nc4cc(N(c5ccc6c(c5)C(c5ccccc5)(c5ccccc5)c5ccccc5-6)c5ccc6ccccc6c5)ccc4s3)cc2)cc1. The summed E-state index contributed by atoms with van der Waals surface area (Å²) >= 11 is 1.74. The highest BCUT2D eigenvalue weighted by Crippen LogP contribution is 2.57. The van der Waals surface area contributed by atoms with Crippen molar-refractivity contribution >= 4 is 49.4 Å². The minimum atomic E-state index is -0.497. The fourth-order valence-electron chi connectivity index (χ4n) is 8.95. The van der Waals surface area contributed by atoms with Crippen LogP contribution in [0.15, 0.2) is 218 Å². The number of thiazole rings is 1. The zero-order valence-corrected chi connectivity index (χ0v) is 31.9. The summed E-state index contributed by atoms with van der Waals surface area (Å²) in [5, 5.41) is 3.44. The Morgan fingerprint density at radius 2 is 0.930 bits per heavy atom. The van der Waals surface area contributed by atoms with Crippen molar-refractivity contribution in [1.82, 2.24) is 4.98 Å². The summed E-state index contributed by atoms with van der Waals surface area (Å²) < 4.78 is 1.16. The van der Waals surface area contributed by atoms with Gasteiger partial charge in [0.25, 0.3) is 0 Å². The van der Waals surface area contributed by atoms with Crippen LogP contribution in [0.4, 0.5) is 17.1 Å². The second-order valence-electron chi connectivity index (χ2n) is 14.7. The molecule has 268 valence electrons. The molecule has 0 N–H and O–H groups in total. The summed E-state index contributed by atoms with van der Waals surface area (Å²) in [6.45, 7) is 0. The molecule has 0 spiro atoms. The molecular weight excluding hydrogens is 709 g/mol. The lowest BCUT2D eigenvalue weighted by Crippen LogP contribution is -2.28. The maximum Gasteiger partial charge on any atom is 0.124 e. The van der Waals surface area contributed by atoms with E-state index in [0.717, 1.165) is 37.8 Å². The molecule has 1 heterocycles. The van der Waals surface area contributed by atoms with Crippen LogP contribution in [0.1, 0.15) is 22.3 Å². The van der Waals surface area contributed by atoms with E-state index in [1.165, 1.54) is 55.3 Å². The Hall–Kier alpha value is -7.07. The van der Waals surface area contributed by atoms with Crippen molar-refractivity contribution in [3.8, 4) is 32.8 Å². The van der Waals surface area contributed by atoms with Crippen LogP contribution >= 0.6 is 11.3 Å². The molecule has 3 heteroatoms. The molecular formula is C54H36N2S. The molecule has 0 saturated heterocycles. The van der Waals surface area contributed by atoms with E-state index in [9.17, 15) is 0 Å². The maximum absolute atomic E-state index is 5.24. The lowest BCUT2D eigenvalue weighted by molar-refractivity contribution is 0.768. The molecule has 1 aliphatic carbocycles. The van der Waals surface area contributed by atoms with E-state index in [-0.39, 0.29) is 0 Å². The molecule has 0 saturated carbocycles. The van der Waals surface area contributed by atoms with E-state index in [1.54, 1.807) is 11.3 Å². The summed E-state index contributed by atoms with van der Waals surface area (Å²) in [5.74, 6) is 0. The number of nitrogens with zero attached hydrogens (tertiary/aromatic N) is 2. The number of anilines is 3. The van der Waals surface area contributed by atoms with Gasteiger partial charge in [0.1, 0.15) is 5.01 Å². The van der Waals surface area contributed by atoms with Crippen LogP contribution in [0, 0.1) is 0 Å². The average molecular weight is 745 g/mol. The van der Waals surface area contributed by atoms with Gasteiger partial charge in [0.2, 0.25) is 0 Å². The van der Waals surface area contributed by atoms with Crippen molar-refractivity contribution < 1.29 is 0 Å². The molecule has 0 amide bonds. The fourth-order valence-corrected chi connectivity index (χ4v) is 9.90. The topological polar surface area (TPSA) is 16.1 Å². The van der Waals surface area contributed by atoms with Gasteiger partial charge in [-0.2, -0.15) is 0 Å².